The highest BCUT2D eigenvalue weighted by atomic mass is 32.2. The molecule has 27 heavy (non-hydrogen) atoms. The summed E-state index contributed by atoms with van der Waals surface area (Å²) in [4.78, 5) is 12.5. The molecular weight excluding hydrogens is 385 g/mol. The van der Waals surface area contributed by atoms with Crippen molar-refractivity contribution in [3.63, 3.8) is 0 Å². The van der Waals surface area contributed by atoms with E-state index in [9.17, 15) is 14.4 Å². The lowest BCUT2D eigenvalue weighted by Crippen LogP contribution is -2.17. The Labute approximate surface area is 164 Å². The van der Waals surface area contributed by atoms with Crippen LogP contribution < -0.4 is 5.32 Å². The fraction of sp³-hybridized carbons (Fsp3) is 0.222. The van der Waals surface area contributed by atoms with Gasteiger partial charge in [0.05, 0.1) is 11.3 Å². The minimum Gasteiger partial charge on any atom is -0.310 e. The van der Waals surface area contributed by atoms with Crippen LogP contribution in [0.15, 0.2) is 28.6 Å². The van der Waals surface area contributed by atoms with Crippen molar-refractivity contribution in [3.8, 4) is 11.8 Å². The minimum absolute atomic E-state index is 0.145. The summed E-state index contributed by atoms with van der Waals surface area (Å²) in [6, 6.07) is 8.05. The van der Waals surface area contributed by atoms with Crippen molar-refractivity contribution in [1.82, 2.24) is 14.8 Å². The molecule has 6 nitrogen and oxygen atoms in total. The monoisotopic (exact) mass is 401 g/mol. The Morgan fingerprint density at radius 2 is 2.00 bits per heavy atom. The van der Waals surface area contributed by atoms with Gasteiger partial charge in [0, 0.05) is 11.4 Å². The molecule has 0 aliphatic rings. The van der Waals surface area contributed by atoms with Crippen LogP contribution in [-0.4, -0.2) is 26.4 Å². The van der Waals surface area contributed by atoms with E-state index in [1.54, 1.807) is 16.7 Å². The quantitative estimate of drug-likeness (QED) is 0.654. The van der Waals surface area contributed by atoms with Crippen molar-refractivity contribution in [1.29, 1.82) is 5.26 Å². The highest BCUT2D eigenvalue weighted by Crippen LogP contribution is 2.30. The predicted molar refractivity (Wildman–Crippen MR) is 104 cm³/mol. The Bertz CT molecular complexity index is 1030. The summed E-state index contributed by atoms with van der Waals surface area (Å²) in [6.45, 7) is 5.53. The van der Waals surface area contributed by atoms with Gasteiger partial charge >= 0.3 is 0 Å². The number of amides is 1. The maximum absolute atomic E-state index is 13.3. The van der Waals surface area contributed by atoms with Gasteiger partial charge in [-0.15, -0.1) is 10.2 Å². The molecule has 138 valence electrons. The average molecular weight is 401 g/mol. The molecule has 2 heterocycles. The van der Waals surface area contributed by atoms with Gasteiger partial charge in [-0.1, -0.05) is 23.1 Å². The number of anilines is 1. The Kier molecular flexibility index (Phi) is 5.58. The number of aromatic nitrogens is 3. The van der Waals surface area contributed by atoms with Crippen LogP contribution in [0.3, 0.4) is 0 Å². The Morgan fingerprint density at radius 1 is 1.30 bits per heavy atom. The van der Waals surface area contributed by atoms with Gasteiger partial charge in [0.2, 0.25) is 5.91 Å². The number of aryl methyl sites for hydroxylation is 1. The third-order valence-corrected chi connectivity index (χ3v) is 5.97. The first-order valence-electron chi connectivity index (χ1n) is 8.01. The molecule has 0 unspecified atom stereocenters. The van der Waals surface area contributed by atoms with E-state index < -0.39 is 0 Å². The van der Waals surface area contributed by atoms with E-state index in [-0.39, 0.29) is 17.5 Å². The third kappa shape index (κ3) is 4.02. The van der Waals surface area contributed by atoms with Crippen LogP contribution >= 0.6 is 23.1 Å². The minimum atomic E-state index is -0.352. The number of carbonyl (C=O) groups is 1. The van der Waals surface area contributed by atoms with Crippen molar-refractivity contribution in [2.24, 2.45) is 0 Å². The van der Waals surface area contributed by atoms with Gasteiger partial charge in [0.15, 0.2) is 4.34 Å². The molecular formula is C18H16FN5OS2. The van der Waals surface area contributed by atoms with Crippen LogP contribution in [0.25, 0.3) is 5.69 Å². The average Bonchev–Trinajstić information content (AvgIpc) is 3.16. The number of nitrogens with zero attached hydrogens (tertiary/aromatic N) is 4. The second kappa shape index (κ2) is 7.90. The zero-order valence-corrected chi connectivity index (χ0v) is 16.5. The van der Waals surface area contributed by atoms with Gasteiger partial charge in [-0.05, 0) is 50.6 Å². The molecule has 0 spiro atoms. The van der Waals surface area contributed by atoms with Crippen LogP contribution in [0.1, 0.15) is 21.8 Å². The summed E-state index contributed by atoms with van der Waals surface area (Å²) in [6.07, 6.45) is 0. The summed E-state index contributed by atoms with van der Waals surface area (Å²) in [5.74, 6) is -0.0786. The lowest BCUT2D eigenvalue weighted by molar-refractivity contribution is -0.113. The van der Waals surface area contributed by atoms with Gasteiger partial charge in [0.25, 0.3) is 0 Å². The molecule has 0 atom stereocenters. The lowest BCUT2D eigenvalue weighted by Gasteiger charge is -2.13. The highest BCUT2D eigenvalue weighted by molar-refractivity contribution is 8.01. The predicted octanol–water partition coefficient (Wildman–Crippen LogP) is 4.00. The van der Waals surface area contributed by atoms with Crippen molar-refractivity contribution < 1.29 is 9.18 Å². The molecule has 0 aliphatic carbocycles. The number of carbonyl (C=O) groups excluding carboxylic acids is 1. The number of halogens is 1. The zero-order valence-electron chi connectivity index (χ0n) is 14.9. The Balaban J connectivity index is 1.89. The second-order valence-electron chi connectivity index (χ2n) is 5.78. The number of hydrogen-bond acceptors (Lipinski definition) is 6. The molecule has 0 radical (unpaired) electrons. The lowest BCUT2D eigenvalue weighted by atomic mass is 10.2. The fourth-order valence-electron chi connectivity index (χ4n) is 2.61. The van der Waals surface area contributed by atoms with E-state index in [4.69, 9.17) is 0 Å². The number of thioether (sulfide) groups is 1. The molecule has 3 aromatic rings. The molecule has 0 fully saturated rings. The van der Waals surface area contributed by atoms with Crippen molar-refractivity contribution in [2.75, 3.05) is 11.1 Å². The third-order valence-electron chi connectivity index (χ3n) is 4.00. The second-order valence-corrected chi connectivity index (χ2v) is 8.19. The van der Waals surface area contributed by atoms with Gasteiger partial charge in [-0.2, -0.15) is 5.26 Å². The van der Waals surface area contributed by atoms with Crippen LogP contribution in [0.2, 0.25) is 0 Å². The van der Waals surface area contributed by atoms with Gasteiger partial charge in [-0.3, -0.25) is 9.36 Å². The SMILES string of the molecule is Cc1nnc(SCC(=O)Nc2c(C#N)c(C)c(C)n2-c2ccc(F)cc2)s1. The first-order valence-corrected chi connectivity index (χ1v) is 9.81. The van der Waals surface area contributed by atoms with Crippen LogP contribution in [0, 0.1) is 37.9 Å². The topological polar surface area (TPSA) is 83.6 Å². The molecule has 1 N–H and O–H groups in total. The number of nitrogens with one attached hydrogen (secondary N) is 1. The van der Waals surface area contributed by atoms with Crippen molar-refractivity contribution >= 4 is 34.8 Å². The summed E-state index contributed by atoms with van der Waals surface area (Å²) < 4.78 is 15.8. The largest absolute Gasteiger partial charge is 0.310 e. The highest BCUT2D eigenvalue weighted by Gasteiger charge is 2.21. The van der Waals surface area contributed by atoms with E-state index >= 15 is 0 Å². The number of hydrogen-bond donors (Lipinski definition) is 1. The molecule has 0 aliphatic heterocycles. The number of benzene rings is 1. The van der Waals surface area contributed by atoms with Gasteiger partial charge < -0.3 is 5.32 Å². The standard InChI is InChI=1S/C18H16FN5OS2/c1-10-11(2)24(14-6-4-13(19)5-7-14)17(15(10)8-20)21-16(25)9-26-18-23-22-12(3)27-18/h4-7H,9H2,1-3H3,(H,21,25). The van der Waals surface area contributed by atoms with Crippen LogP contribution in [-0.2, 0) is 4.79 Å². The number of rotatable bonds is 5. The van der Waals surface area contributed by atoms with E-state index in [0.717, 1.165) is 16.3 Å². The Morgan fingerprint density at radius 3 is 2.59 bits per heavy atom. The van der Waals surface area contributed by atoms with Gasteiger partial charge in [-0.25, -0.2) is 4.39 Å². The van der Waals surface area contributed by atoms with Crippen LogP contribution in [0.5, 0.6) is 0 Å². The Hall–Kier alpha value is -2.70. The first kappa shape index (κ1) is 19.1. The first-order chi connectivity index (χ1) is 12.9. The van der Waals surface area contributed by atoms with Gasteiger partial charge in [0.1, 0.15) is 22.7 Å². The summed E-state index contributed by atoms with van der Waals surface area (Å²) in [5, 5.41) is 21.1. The zero-order chi connectivity index (χ0) is 19.6. The molecule has 0 bridgehead atoms. The molecule has 0 saturated carbocycles. The van der Waals surface area contributed by atoms with E-state index in [2.05, 4.69) is 21.6 Å². The fourth-order valence-corrected chi connectivity index (χ4v) is 4.22. The normalized spacial score (nSPS) is 10.6. The van der Waals surface area contributed by atoms with Crippen molar-refractivity contribution in [3.05, 3.63) is 51.9 Å². The number of nitriles is 1. The summed E-state index contributed by atoms with van der Waals surface area (Å²) >= 11 is 2.71. The molecule has 3 rings (SSSR count). The maximum atomic E-state index is 13.3. The maximum Gasteiger partial charge on any atom is 0.235 e. The molecule has 9 heteroatoms. The molecule has 0 saturated heterocycles. The molecule has 1 amide bonds. The summed E-state index contributed by atoms with van der Waals surface area (Å²) in [5.41, 5.74) is 2.63. The molecule has 2 aromatic heterocycles. The van der Waals surface area contributed by atoms with E-state index in [0.29, 0.717) is 21.4 Å². The van der Waals surface area contributed by atoms with E-state index in [1.165, 1.54) is 35.2 Å². The molecule has 1 aromatic carbocycles. The van der Waals surface area contributed by atoms with Crippen LogP contribution in [0.4, 0.5) is 10.2 Å². The summed E-state index contributed by atoms with van der Waals surface area (Å²) in [7, 11) is 0. The van der Waals surface area contributed by atoms with Crippen molar-refractivity contribution in [2.45, 2.75) is 25.1 Å². The smallest absolute Gasteiger partial charge is 0.235 e. The van der Waals surface area contributed by atoms with E-state index in [1.807, 2.05) is 20.8 Å².